The summed E-state index contributed by atoms with van der Waals surface area (Å²) in [6.07, 6.45) is 3.69. The van der Waals surface area contributed by atoms with Gasteiger partial charge in [-0.05, 0) is 19.3 Å². The molecule has 144 valence electrons. The summed E-state index contributed by atoms with van der Waals surface area (Å²) in [6, 6.07) is 1.30. The fourth-order valence-electron chi connectivity index (χ4n) is 3.28. The van der Waals surface area contributed by atoms with E-state index in [2.05, 4.69) is 6.92 Å². The zero-order chi connectivity index (χ0) is 19.3. The molecule has 0 bridgehead atoms. The van der Waals surface area contributed by atoms with E-state index in [1.807, 2.05) is 7.05 Å². The predicted molar refractivity (Wildman–Crippen MR) is 96.2 cm³/mol. The van der Waals surface area contributed by atoms with Crippen LogP contribution in [0.3, 0.4) is 0 Å². The maximum Gasteiger partial charge on any atom is 0.339 e. The lowest BCUT2D eigenvalue weighted by atomic mass is 9.95. The van der Waals surface area contributed by atoms with Gasteiger partial charge in [0.05, 0.1) is 0 Å². The van der Waals surface area contributed by atoms with Crippen molar-refractivity contribution < 1.29 is 23.9 Å². The van der Waals surface area contributed by atoms with Gasteiger partial charge in [0.1, 0.15) is 11.3 Å². The van der Waals surface area contributed by atoms with Crippen molar-refractivity contribution in [1.29, 1.82) is 0 Å². The van der Waals surface area contributed by atoms with Crippen LogP contribution in [0.1, 0.15) is 66.2 Å². The highest BCUT2D eigenvalue weighted by Gasteiger charge is 2.31. The normalized spacial score (nSPS) is 15.1. The first-order chi connectivity index (χ1) is 12.4. The Kier molecular flexibility index (Phi) is 6.83. The Bertz CT molecular complexity index is 659. The number of nitrogens with zero attached hydrogens (tertiary/aromatic N) is 2. The van der Waals surface area contributed by atoms with Crippen LogP contribution in [-0.2, 0) is 11.2 Å². The fourth-order valence-corrected chi connectivity index (χ4v) is 3.28. The van der Waals surface area contributed by atoms with E-state index in [0.29, 0.717) is 38.1 Å². The number of rotatable bonds is 7. The average Bonchev–Trinajstić information content (AvgIpc) is 3.09. The second kappa shape index (κ2) is 8.87. The van der Waals surface area contributed by atoms with Gasteiger partial charge in [-0.25, -0.2) is 4.79 Å². The minimum atomic E-state index is -1.09. The van der Waals surface area contributed by atoms with Crippen LogP contribution in [-0.4, -0.2) is 59.4 Å². The highest BCUT2D eigenvalue weighted by molar-refractivity contribution is 5.96. The van der Waals surface area contributed by atoms with Gasteiger partial charge in [0.15, 0.2) is 5.76 Å². The molecule has 1 aliphatic heterocycles. The molecular formula is C19H28N2O5. The minimum Gasteiger partial charge on any atom is -0.478 e. The topological polar surface area (TPSA) is 91.1 Å². The number of carbonyl (C=O) groups excluding carboxylic acids is 2. The lowest BCUT2D eigenvalue weighted by Gasteiger charge is -2.32. The second-order valence-electron chi connectivity index (χ2n) is 6.79. The fraction of sp³-hybridized carbons (Fsp3) is 0.632. The predicted octanol–water partition coefficient (Wildman–Crippen LogP) is 2.65. The molecule has 26 heavy (non-hydrogen) atoms. The van der Waals surface area contributed by atoms with Gasteiger partial charge in [0, 0.05) is 45.1 Å². The van der Waals surface area contributed by atoms with E-state index >= 15 is 0 Å². The average molecular weight is 364 g/mol. The Balaban J connectivity index is 1.96. The third-order valence-corrected chi connectivity index (χ3v) is 4.93. The number of likely N-dealkylation sites (tertiary alicyclic amines) is 1. The first-order valence-electron chi connectivity index (χ1n) is 9.29. The van der Waals surface area contributed by atoms with E-state index in [9.17, 15) is 19.5 Å². The zero-order valence-corrected chi connectivity index (χ0v) is 15.8. The monoisotopic (exact) mass is 364 g/mol. The van der Waals surface area contributed by atoms with Crippen LogP contribution in [0.15, 0.2) is 10.5 Å². The van der Waals surface area contributed by atoms with Crippen molar-refractivity contribution in [2.75, 3.05) is 26.7 Å². The first-order valence-corrected chi connectivity index (χ1v) is 9.29. The molecule has 2 heterocycles. The molecule has 1 fully saturated rings. The molecule has 2 rings (SSSR count). The molecule has 1 aromatic heterocycles. The Morgan fingerprint density at radius 2 is 1.92 bits per heavy atom. The first kappa shape index (κ1) is 20.0. The van der Waals surface area contributed by atoms with Crippen LogP contribution in [0.5, 0.6) is 0 Å². The van der Waals surface area contributed by atoms with Gasteiger partial charge in [-0.1, -0.05) is 20.3 Å². The summed E-state index contributed by atoms with van der Waals surface area (Å²) in [5.41, 5.74) is 0.0402. The van der Waals surface area contributed by atoms with Gasteiger partial charge < -0.3 is 19.3 Å². The van der Waals surface area contributed by atoms with E-state index < -0.39 is 5.97 Å². The quantitative estimate of drug-likeness (QED) is 0.803. The van der Waals surface area contributed by atoms with E-state index in [1.165, 1.54) is 6.07 Å². The van der Waals surface area contributed by atoms with Crippen LogP contribution in [0.25, 0.3) is 0 Å². The summed E-state index contributed by atoms with van der Waals surface area (Å²) in [4.78, 5) is 39.7. The van der Waals surface area contributed by atoms with Crippen molar-refractivity contribution >= 4 is 17.8 Å². The number of carboxylic acid groups (broad SMARTS) is 1. The molecular weight excluding hydrogens is 336 g/mol. The number of hydrogen-bond donors (Lipinski definition) is 1. The van der Waals surface area contributed by atoms with Crippen LogP contribution < -0.4 is 0 Å². The van der Waals surface area contributed by atoms with Gasteiger partial charge in [-0.15, -0.1) is 0 Å². The molecule has 0 aliphatic carbocycles. The number of carbonyl (C=O) groups is 3. The Morgan fingerprint density at radius 3 is 2.42 bits per heavy atom. The SMILES string of the molecule is CCCCN(C)C(=O)C1CCN(C(=O)c2cc(C(=O)O)c(CC)o2)CC1. The van der Waals surface area contributed by atoms with E-state index in [-0.39, 0.29) is 29.1 Å². The van der Waals surface area contributed by atoms with Crippen molar-refractivity contribution in [1.82, 2.24) is 9.80 Å². The zero-order valence-electron chi connectivity index (χ0n) is 15.8. The van der Waals surface area contributed by atoms with Gasteiger partial charge in [-0.2, -0.15) is 0 Å². The summed E-state index contributed by atoms with van der Waals surface area (Å²) >= 11 is 0. The van der Waals surface area contributed by atoms with Crippen molar-refractivity contribution in [3.05, 3.63) is 23.2 Å². The van der Waals surface area contributed by atoms with Gasteiger partial charge in [0.2, 0.25) is 5.91 Å². The Labute approximate surface area is 153 Å². The van der Waals surface area contributed by atoms with Crippen LogP contribution in [0.2, 0.25) is 0 Å². The lowest BCUT2D eigenvalue weighted by Crippen LogP contribution is -2.43. The van der Waals surface area contributed by atoms with Crippen LogP contribution in [0, 0.1) is 5.92 Å². The lowest BCUT2D eigenvalue weighted by molar-refractivity contribution is -0.135. The van der Waals surface area contributed by atoms with Crippen molar-refractivity contribution in [3.63, 3.8) is 0 Å². The van der Waals surface area contributed by atoms with E-state index in [0.717, 1.165) is 19.4 Å². The highest BCUT2D eigenvalue weighted by atomic mass is 16.4. The minimum absolute atomic E-state index is 0.0402. The molecule has 1 saturated heterocycles. The van der Waals surface area contributed by atoms with Crippen LogP contribution >= 0.6 is 0 Å². The number of unbranched alkanes of at least 4 members (excludes halogenated alkanes) is 1. The number of carboxylic acids is 1. The standard InChI is InChI=1S/C19H28N2O5/c1-4-6-9-20(3)17(22)13-7-10-21(11-8-13)18(23)16-12-14(19(24)25)15(5-2)26-16/h12-13H,4-11H2,1-3H3,(H,24,25). The molecule has 1 N–H and O–H groups in total. The molecule has 0 aromatic carbocycles. The van der Waals surface area contributed by atoms with Crippen LogP contribution in [0.4, 0.5) is 0 Å². The number of furan rings is 1. The molecule has 0 radical (unpaired) electrons. The number of hydrogen-bond acceptors (Lipinski definition) is 4. The molecule has 1 aliphatic rings. The second-order valence-corrected chi connectivity index (χ2v) is 6.79. The highest BCUT2D eigenvalue weighted by Crippen LogP contribution is 2.23. The largest absolute Gasteiger partial charge is 0.478 e. The third kappa shape index (κ3) is 4.45. The van der Waals surface area contributed by atoms with E-state index in [4.69, 9.17) is 4.42 Å². The molecule has 0 unspecified atom stereocenters. The number of piperidine rings is 1. The van der Waals surface area contributed by atoms with Gasteiger partial charge in [-0.3, -0.25) is 9.59 Å². The Morgan fingerprint density at radius 1 is 1.27 bits per heavy atom. The maximum absolute atomic E-state index is 12.6. The van der Waals surface area contributed by atoms with Crippen molar-refractivity contribution in [3.8, 4) is 0 Å². The van der Waals surface area contributed by atoms with Gasteiger partial charge >= 0.3 is 5.97 Å². The number of amides is 2. The van der Waals surface area contributed by atoms with Crippen molar-refractivity contribution in [2.24, 2.45) is 5.92 Å². The van der Waals surface area contributed by atoms with Crippen molar-refractivity contribution in [2.45, 2.75) is 46.0 Å². The molecule has 2 amide bonds. The summed E-state index contributed by atoms with van der Waals surface area (Å²) < 4.78 is 5.45. The molecule has 0 atom stereocenters. The van der Waals surface area contributed by atoms with E-state index in [1.54, 1.807) is 16.7 Å². The molecule has 1 aromatic rings. The summed E-state index contributed by atoms with van der Waals surface area (Å²) in [7, 11) is 1.83. The molecule has 0 saturated carbocycles. The molecule has 7 nitrogen and oxygen atoms in total. The summed E-state index contributed by atoms with van der Waals surface area (Å²) in [6.45, 7) is 5.59. The molecule has 0 spiro atoms. The number of aryl methyl sites for hydroxylation is 1. The summed E-state index contributed by atoms with van der Waals surface area (Å²) in [5.74, 6) is -0.947. The number of aromatic carboxylic acids is 1. The Hall–Kier alpha value is -2.31. The smallest absolute Gasteiger partial charge is 0.339 e. The third-order valence-electron chi connectivity index (χ3n) is 4.93. The maximum atomic E-state index is 12.6. The summed E-state index contributed by atoms with van der Waals surface area (Å²) in [5, 5.41) is 9.18. The van der Waals surface area contributed by atoms with Gasteiger partial charge in [0.25, 0.3) is 5.91 Å². The molecule has 7 heteroatoms.